The number of urea groups is 1. The summed E-state index contributed by atoms with van der Waals surface area (Å²) >= 11 is 0. The molecule has 28 heavy (non-hydrogen) atoms. The van der Waals surface area contributed by atoms with E-state index in [1.54, 1.807) is 12.1 Å². The summed E-state index contributed by atoms with van der Waals surface area (Å²) in [5.74, 6) is -4.80. The Hall–Kier alpha value is -2.71. The second-order valence-corrected chi connectivity index (χ2v) is 7.56. The first-order chi connectivity index (χ1) is 13.1. The number of nitrogens with one attached hydrogen (secondary N) is 1. The summed E-state index contributed by atoms with van der Waals surface area (Å²) in [7, 11) is 0. The normalized spacial score (nSPS) is 20.1. The summed E-state index contributed by atoms with van der Waals surface area (Å²) in [6.07, 6.45) is -2.72. The van der Waals surface area contributed by atoms with Crippen LogP contribution in [0.2, 0.25) is 0 Å². The van der Waals surface area contributed by atoms with Crippen LogP contribution >= 0.6 is 0 Å². The lowest BCUT2D eigenvalue weighted by molar-refractivity contribution is -0.187. The minimum absolute atomic E-state index is 0.446. The number of anilines is 1. The number of hydrogen-bond acceptors (Lipinski definition) is 2. The summed E-state index contributed by atoms with van der Waals surface area (Å²) in [5.41, 5.74) is 1.44. The van der Waals surface area contributed by atoms with Crippen molar-refractivity contribution in [2.75, 3.05) is 18.4 Å². The zero-order chi connectivity index (χ0) is 20.6. The van der Waals surface area contributed by atoms with Gasteiger partial charge in [0.05, 0.1) is 11.8 Å². The second-order valence-electron chi connectivity index (χ2n) is 7.56. The molecule has 6 nitrogen and oxygen atoms in total. The second kappa shape index (κ2) is 7.37. The number of carboxylic acids is 1. The molecule has 0 saturated carbocycles. The lowest BCUT2D eigenvalue weighted by atomic mass is 9.96. The lowest BCUT2D eigenvalue weighted by Gasteiger charge is -2.19. The van der Waals surface area contributed by atoms with Gasteiger partial charge in [-0.05, 0) is 30.2 Å². The number of alkyl halides is 3. The van der Waals surface area contributed by atoms with Crippen LogP contribution in [0.15, 0.2) is 30.5 Å². The number of carboxylic acid groups (broad SMARTS) is 1. The fourth-order valence-electron chi connectivity index (χ4n) is 3.58. The highest BCUT2D eigenvalue weighted by atomic mass is 19.4. The molecule has 2 aromatic rings. The van der Waals surface area contributed by atoms with Gasteiger partial charge in [0, 0.05) is 42.4 Å². The number of benzene rings is 1. The van der Waals surface area contributed by atoms with Crippen molar-refractivity contribution in [3.05, 3.63) is 30.5 Å². The molecule has 152 valence electrons. The molecule has 1 saturated heterocycles. The van der Waals surface area contributed by atoms with Crippen molar-refractivity contribution in [1.82, 2.24) is 9.47 Å². The molecule has 0 aliphatic carbocycles. The van der Waals surface area contributed by atoms with Crippen molar-refractivity contribution in [2.24, 2.45) is 17.8 Å². The third kappa shape index (κ3) is 4.07. The minimum Gasteiger partial charge on any atom is -0.481 e. The minimum atomic E-state index is -4.67. The van der Waals surface area contributed by atoms with E-state index in [9.17, 15) is 22.8 Å². The molecular weight excluding hydrogens is 375 g/mol. The maximum atomic E-state index is 13.1. The average molecular weight is 397 g/mol. The van der Waals surface area contributed by atoms with Crippen LogP contribution in [0.25, 0.3) is 10.9 Å². The molecule has 2 amide bonds. The van der Waals surface area contributed by atoms with Gasteiger partial charge < -0.3 is 19.9 Å². The molecular formula is C19H22F3N3O3. The smallest absolute Gasteiger partial charge is 0.394 e. The van der Waals surface area contributed by atoms with Crippen molar-refractivity contribution in [3.8, 4) is 0 Å². The maximum absolute atomic E-state index is 13.1. The van der Waals surface area contributed by atoms with Crippen LogP contribution in [0, 0.1) is 17.8 Å². The van der Waals surface area contributed by atoms with Crippen LogP contribution in [0.1, 0.15) is 13.8 Å². The Bertz CT molecular complexity index is 891. The monoisotopic (exact) mass is 397 g/mol. The average Bonchev–Trinajstić information content (AvgIpc) is 3.19. The van der Waals surface area contributed by atoms with Crippen LogP contribution in [-0.2, 0) is 11.3 Å². The lowest BCUT2D eigenvalue weighted by Crippen LogP contribution is -2.35. The topological polar surface area (TPSA) is 74.6 Å². The Morgan fingerprint density at radius 2 is 1.96 bits per heavy atom. The molecule has 1 aromatic carbocycles. The predicted octanol–water partition coefficient (Wildman–Crippen LogP) is 4.02. The molecule has 1 aliphatic heterocycles. The number of carbonyl (C=O) groups excluding carboxylic acids is 1. The first-order valence-electron chi connectivity index (χ1n) is 9.00. The first-order valence-corrected chi connectivity index (χ1v) is 9.00. The maximum Gasteiger partial charge on any atom is 0.394 e. The largest absolute Gasteiger partial charge is 0.481 e. The van der Waals surface area contributed by atoms with Crippen LogP contribution < -0.4 is 5.32 Å². The predicted molar refractivity (Wildman–Crippen MR) is 98.0 cm³/mol. The summed E-state index contributed by atoms with van der Waals surface area (Å²) in [5, 5.41) is 12.5. The third-order valence-corrected chi connectivity index (χ3v) is 4.93. The number of likely N-dealkylation sites (tertiary alicyclic amines) is 1. The van der Waals surface area contributed by atoms with Gasteiger partial charge in [0.1, 0.15) is 0 Å². The molecule has 1 fully saturated rings. The van der Waals surface area contributed by atoms with E-state index in [2.05, 4.69) is 23.7 Å². The van der Waals surface area contributed by atoms with Crippen LogP contribution in [0.4, 0.5) is 23.7 Å². The highest BCUT2D eigenvalue weighted by Crippen LogP contribution is 2.38. The SMILES string of the molecule is CC(C)Cn1ccc2cc(NC(=O)N3C[C@@H](C(F)(F)F)[C@H](C(=O)O)C3)ccc21. The zero-order valence-electron chi connectivity index (χ0n) is 15.5. The van der Waals surface area contributed by atoms with Gasteiger partial charge in [-0.2, -0.15) is 13.2 Å². The van der Waals surface area contributed by atoms with Crippen molar-refractivity contribution < 1.29 is 27.9 Å². The number of aromatic nitrogens is 1. The standard InChI is InChI=1S/C19H22F3N3O3/c1-11(2)8-24-6-5-12-7-13(3-4-16(12)24)23-18(28)25-9-14(17(26)27)15(10-25)19(20,21)22/h3-7,11,14-15H,8-10H2,1-2H3,(H,23,28)(H,26,27)/t14-,15-/m1/s1. The Balaban J connectivity index is 1.73. The number of halogens is 3. The number of fused-ring (bicyclic) bond motifs is 1. The highest BCUT2D eigenvalue weighted by Gasteiger charge is 2.53. The van der Waals surface area contributed by atoms with E-state index in [1.807, 2.05) is 18.3 Å². The van der Waals surface area contributed by atoms with Gasteiger partial charge >= 0.3 is 18.2 Å². The molecule has 2 heterocycles. The quantitative estimate of drug-likeness (QED) is 0.818. The molecule has 9 heteroatoms. The zero-order valence-corrected chi connectivity index (χ0v) is 15.5. The molecule has 3 rings (SSSR count). The van der Waals surface area contributed by atoms with Gasteiger partial charge in [-0.25, -0.2) is 4.79 Å². The molecule has 0 unspecified atom stereocenters. The molecule has 1 aromatic heterocycles. The molecule has 0 bridgehead atoms. The Morgan fingerprint density at radius 3 is 2.54 bits per heavy atom. The van der Waals surface area contributed by atoms with Gasteiger partial charge in [-0.15, -0.1) is 0 Å². The van der Waals surface area contributed by atoms with Crippen molar-refractivity contribution in [1.29, 1.82) is 0 Å². The van der Waals surface area contributed by atoms with E-state index in [4.69, 9.17) is 5.11 Å². The third-order valence-electron chi connectivity index (χ3n) is 4.93. The van der Waals surface area contributed by atoms with Gasteiger partial charge in [-0.3, -0.25) is 4.79 Å². The Morgan fingerprint density at radius 1 is 1.25 bits per heavy atom. The van der Waals surface area contributed by atoms with Gasteiger partial charge in [0.2, 0.25) is 0 Å². The van der Waals surface area contributed by atoms with Crippen molar-refractivity contribution in [3.63, 3.8) is 0 Å². The summed E-state index contributed by atoms with van der Waals surface area (Å²) in [4.78, 5) is 24.4. The summed E-state index contributed by atoms with van der Waals surface area (Å²) < 4.78 is 41.3. The molecule has 1 aliphatic rings. The van der Waals surface area contributed by atoms with E-state index in [0.717, 1.165) is 22.3 Å². The number of nitrogens with zero attached hydrogens (tertiary/aromatic N) is 2. The number of hydrogen-bond donors (Lipinski definition) is 2. The van der Waals surface area contributed by atoms with Crippen LogP contribution in [0.3, 0.4) is 0 Å². The van der Waals surface area contributed by atoms with E-state index in [1.165, 1.54) is 0 Å². The van der Waals surface area contributed by atoms with Crippen molar-refractivity contribution >= 4 is 28.6 Å². The van der Waals surface area contributed by atoms with Gasteiger partial charge in [0.25, 0.3) is 0 Å². The van der Waals surface area contributed by atoms with E-state index >= 15 is 0 Å². The fourth-order valence-corrected chi connectivity index (χ4v) is 3.58. The van der Waals surface area contributed by atoms with E-state index in [-0.39, 0.29) is 0 Å². The number of amides is 2. The summed E-state index contributed by atoms with van der Waals surface area (Å²) in [6, 6.07) is 6.44. The van der Waals surface area contributed by atoms with Crippen molar-refractivity contribution in [2.45, 2.75) is 26.6 Å². The molecule has 2 N–H and O–H groups in total. The first kappa shape index (κ1) is 20.0. The highest BCUT2D eigenvalue weighted by molar-refractivity contribution is 5.93. The Labute approximate surface area is 159 Å². The number of aliphatic carboxylic acids is 1. The fraction of sp³-hybridized carbons (Fsp3) is 0.474. The molecule has 0 radical (unpaired) electrons. The summed E-state index contributed by atoms with van der Waals surface area (Å²) in [6.45, 7) is 3.92. The van der Waals surface area contributed by atoms with E-state index in [0.29, 0.717) is 11.6 Å². The van der Waals surface area contributed by atoms with Crippen LogP contribution in [-0.4, -0.2) is 45.8 Å². The number of rotatable bonds is 4. The molecule has 0 spiro atoms. The van der Waals surface area contributed by atoms with E-state index < -0.39 is 43.1 Å². The van der Waals surface area contributed by atoms with Crippen LogP contribution in [0.5, 0.6) is 0 Å². The number of carbonyl (C=O) groups is 2. The Kier molecular flexibility index (Phi) is 5.27. The molecule has 2 atom stereocenters. The van der Waals surface area contributed by atoms with Gasteiger partial charge in [-0.1, -0.05) is 13.8 Å². The van der Waals surface area contributed by atoms with Gasteiger partial charge in [0.15, 0.2) is 0 Å².